The maximum Gasteiger partial charge on any atom is -0.0169 e. The third kappa shape index (κ3) is 0.881. The summed E-state index contributed by atoms with van der Waals surface area (Å²) in [5, 5.41) is 0. The summed E-state index contributed by atoms with van der Waals surface area (Å²) in [5.74, 6) is 2.98. The molecule has 0 N–H and O–H groups in total. The minimum atomic E-state index is 0.977. The van der Waals surface area contributed by atoms with Gasteiger partial charge < -0.3 is 0 Å². The summed E-state index contributed by atoms with van der Waals surface area (Å²) in [6.07, 6.45) is 4.37. The van der Waals surface area contributed by atoms with Gasteiger partial charge in [0.1, 0.15) is 0 Å². The van der Waals surface area contributed by atoms with Gasteiger partial charge >= 0.3 is 0 Å². The van der Waals surface area contributed by atoms with Gasteiger partial charge in [0.25, 0.3) is 0 Å². The van der Waals surface area contributed by atoms with Crippen LogP contribution in [0.1, 0.15) is 40.0 Å². The fraction of sp³-hybridized carbons (Fsp3) is 0.818. The largest absolute Gasteiger partial charge is 0.0710 e. The van der Waals surface area contributed by atoms with Gasteiger partial charge in [-0.05, 0) is 44.4 Å². The van der Waals surface area contributed by atoms with Crippen molar-refractivity contribution < 1.29 is 0 Å². The molecule has 2 bridgehead atoms. The molecule has 62 valence electrons. The Balaban J connectivity index is 2.24. The lowest BCUT2D eigenvalue weighted by Gasteiger charge is -2.22. The molecule has 2 aliphatic carbocycles. The van der Waals surface area contributed by atoms with Crippen LogP contribution in [0.3, 0.4) is 0 Å². The van der Waals surface area contributed by atoms with Crippen LogP contribution in [-0.4, -0.2) is 0 Å². The Bertz CT molecular complexity index is 200. The molecule has 11 heavy (non-hydrogen) atoms. The average Bonchev–Trinajstić information content (AvgIpc) is 2.53. The highest BCUT2D eigenvalue weighted by atomic mass is 14.5. The Morgan fingerprint density at radius 3 is 2.36 bits per heavy atom. The first-order valence-electron chi connectivity index (χ1n) is 4.91. The molecular weight excluding hydrogens is 132 g/mol. The topological polar surface area (TPSA) is 0 Å². The highest BCUT2D eigenvalue weighted by Crippen LogP contribution is 2.52. The lowest BCUT2D eigenvalue weighted by molar-refractivity contribution is 0.411. The zero-order valence-electron chi connectivity index (χ0n) is 7.85. The van der Waals surface area contributed by atoms with Crippen molar-refractivity contribution in [1.82, 2.24) is 0 Å². The van der Waals surface area contributed by atoms with Crippen LogP contribution >= 0.6 is 0 Å². The molecule has 0 aliphatic heterocycles. The third-order valence-electron chi connectivity index (χ3n) is 4.01. The second-order valence-electron chi connectivity index (χ2n) is 4.31. The van der Waals surface area contributed by atoms with E-state index < -0.39 is 0 Å². The number of fused-ring (bicyclic) bond motifs is 2. The molecule has 2 aliphatic rings. The monoisotopic (exact) mass is 150 g/mol. The molecule has 0 heteroatoms. The molecule has 0 aromatic carbocycles. The Labute approximate surface area is 69.7 Å². The van der Waals surface area contributed by atoms with Crippen molar-refractivity contribution in [2.24, 2.45) is 17.8 Å². The van der Waals surface area contributed by atoms with Gasteiger partial charge in [-0.3, -0.25) is 0 Å². The van der Waals surface area contributed by atoms with Crippen LogP contribution in [0.5, 0.6) is 0 Å². The Hall–Kier alpha value is -0.260. The zero-order valence-corrected chi connectivity index (χ0v) is 7.85. The van der Waals surface area contributed by atoms with Crippen LogP contribution in [0.2, 0.25) is 0 Å². The van der Waals surface area contributed by atoms with Crippen LogP contribution in [0.4, 0.5) is 0 Å². The van der Waals surface area contributed by atoms with Gasteiger partial charge in [-0.25, -0.2) is 0 Å². The van der Waals surface area contributed by atoms with E-state index in [1.807, 2.05) is 0 Å². The van der Waals surface area contributed by atoms with Crippen molar-refractivity contribution in [2.75, 3.05) is 0 Å². The van der Waals surface area contributed by atoms with E-state index in [-0.39, 0.29) is 0 Å². The molecule has 0 heterocycles. The van der Waals surface area contributed by atoms with Crippen LogP contribution < -0.4 is 0 Å². The molecule has 0 aromatic rings. The standard InChI is InChI=1S/C11H18/c1-4-9-5-10-6-11(9)8(3)7(10)2/h9-11H,4-6H2,1-3H3. The van der Waals surface area contributed by atoms with Crippen molar-refractivity contribution >= 4 is 0 Å². The maximum absolute atomic E-state index is 2.35. The number of allylic oxidation sites excluding steroid dienone is 2. The molecule has 1 saturated carbocycles. The normalized spacial score (nSPS) is 42.3. The minimum absolute atomic E-state index is 0.977. The van der Waals surface area contributed by atoms with Crippen molar-refractivity contribution in [3.63, 3.8) is 0 Å². The smallest absolute Gasteiger partial charge is 0.0169 e. The van der Waals surface area contributed by atoms with Crippen molar-refractivity contribution in [2.45, 2.75) is 40.0 Å². The van der Waals surface area contributed by atoms with Gasteiger partial charge in [-0.2, -0.15) is 0 Å². The van der Waals surface area contributed by atoms with Gasteiger partial charge in [0.2, 0.25) is 0 Å². The van der Waals surface area contributed by atoms with Crippen molar-refractivity contribution in [1.29, 1.82) is 0 Å². The fourth-order valence-electron chi connectivity index (χ4n) is 3.07. The summed E-state index contributed by atoms with van der Waals surface area (Å²) in [7, 11) is 0. The van der Waals surface area contributed by atoms with E-state index in [1.165, 1.54) is 19.3 Å². The average molecular weight is 150 g/mol. The highest BCUT2D eigenvalue weighted by Gasteiger charge is 2.40. The summed E-state index contributed by atoms with van der Waals surface area (Å²) in [5.41, 5.74) is 3.45. The van der Waals surface area contributed by atoms with Crippen molar-refractivity contribution in [3.05, 3.63) is 11.1 Å². The molecule has 0 amide bonds. The highest BCUT2D eigenvalue weighted by molar-refractivity contribution is 5.27. The van der Waals surface area contributed by atoms with Crippen LogP contribution in [-0.2, 0) is 0 Å². The molecule has 2 rings (SSSR count). The van der Waals surface area contributed by atoms with E-state index in [4.69, 9.17) is 0 Å². The first-order chi connectivity index (χ1) is 5.24. The summed E-state index contributed by atoms with van der Waals surface area (Å²) >= 11 is 0. The predicted octanol–water partition coefficient (Wildman–Crippen LogP) is 3.39. The SMILES string of the molecule is CCC1CC2CC1C(C)=C2C. The fourth-order valence-corrected chi connectivity index (χ4v) is 3.07. The number of hydrogen-bond donors (Lipinski definition) is 0. The van der Waals surface area contributed by atoms with Crippen LogP contribution in [0.25, 0.3) is 0 Å². The lowest BCUT2D eigenvalue weighted by atomic mass is 9.83. The number of rotatable bonds is 1. The number of hydrogen-bond acceptors (Lipinski definition) is 0. The molecule has 3 unspecified atom stereocenters. The van der Waals surface area contributed by atoms with E-state index in [2.05, 4.69) is 20.8 Å². The molecule has 3 atom stereocenters. The van der Waals surface area contributed by atoms with Gasteiger partial charge in [0.05, 0.1) is 0 Å². The second-order valence-corrected chi connectivity index (χ2v) is 4.31. The van der Waals surface area contributed by atoms with E-state index >= 15 is 0 Å². The quantitative estimate of drug-likeness (QED) is 0.503. The zero-order chi connectivity index (χ0) is 8.01. The second kappa shape index (κ2) is 2.36. The van der Waals surface area contributed by atoms with Gasteiger partial charge in [-0.15, -0.1) is 0 Å². The molecule has 0 nitrogen and oxygen atoms in total. The van der Waals surface area contributed by atoms with Gasteiger partial charge in [0, 0.05) is 0 Å². The van der Waals surface area contributed by atoms with Crippen LogP contribution in [0, 0.1) is 17.8 Å². The van der Waals surface area contributed by atoms with E-state index in [1.54, 1.807) is 11.1 Å². The summed E-state index contributed by atoms with van der Waals surface area (Å²) in [6.45, 7) is 7.03. The van der Waals surface area contributed by atoms with Crippen molar-refractivity contribution in [3.8, 4) is 0 Å². The Morgan fingerprint density at radius 1 is 1.18 bits per heavy atom. The first kappa shape index (κ1) is 7.39. The molecule has 0 spiro atoms. The molecule has 0 saturated heterocycles. The molecule has 0 aromatic heterocycles. The van der Waals surface area contributed by atoms with Crippen LogP contribution in [0.15, 0.2) is 11.1 Å². The van der Waals surface area contributed by atoms with Gasteiger partial charge in [-0.1, -0.05) is 24.5 Å². The third-order valence-corrected chi connectivity index (χ3v) is 4.01. The predicted molar refractivity (Wildman–Crippen MR) is 48.4 cm³/mol. The Kier molecular flexibility index (Phi) is 1.59. The van der Waals surface area contributed by atoms with E-state index in [9.17, 15) is 0 Å². The summed E-state index contributed by atoms with van der Waals surface area (Å²) in [6, 6.07) is 0. The molecule has 0 radical (unpaired) electrons. The first-order valence-corrected chi connectivity index (χ1v) is 4.91. The minimum Gasteiger partial charge on any atom is -0.0710 e. The van der Waals surface area contributed by atoms with E-state index in [0.717, 1.165) is 17.8 Å². The summed E-state index contributed by atoms with van der Waals surface area (Å²) < 4.78 is 0. The molecule has 1 fully saturated rings. The Morgan fingerprint density at radius 2 is 1.91 bits per heavy atom. The van der Waals surface area contributed by atoms with Gasteiger partial charge in [0.15, 0.2) is 0 Å². The molecular formula is C11H18. The summed E-state index contributed by atoms with van der Waals surface area (Å²) in [4.78, 5) is 0. The maximum atomic E-state index is 2.35. The van der Waals surface area contributed by atoms with E-state index in [0.29, 0.717) is 0 Å². The lowest BCUT2D eigenvalue weighted by Crippen LogP contribution is -2.11.